The molecule has 0 aromatic carbocycles. The fraction of sp³-hybridized carbons (Fsp3) is 1.00. The van der Waals surface area contributed by atoms with E-state index in [4.69, 9.17) is 0 Å². The van der Waals surface area contributed by atoms with Crippen LogP contribution in [0.3, 0.4) is 0 Å². The van der Waals surface area contributed by atoms with E-state index in [2.05, 4.69) is 38.3 Å². The van der Waals surface area contributed by atoms with Gasteiger partial charge in [-0.25, -0.2) is 0 Å². The molecular formula is C16H36F2N2Zr. The van der Waals surface area contributed by atoms with Crippen LogP contribution in [0, 0.1) is 0 Å². The monoisotopic (exact) mass is 384 g/mol. The Morgan fingerprint density at radius 3 is 0.810 bits per heavy atom. The van der Waals surface area contributed by atoms with Crippen LogP contribution >= 0.6 is 0 Å². The van der Waals surface area contributed by atoms with E-state index in [0.29, 0.717) is 0 Å². The standard InChI is InChI=1S/2C8H18N.2FH.Zr/c2*1-3-5-7-9-8-6-4-2;;;/h2*3-8H2,1-2H3;2*1H;/q2*-1;;;+4/p-2. The first-order valence-electron chi connectivity index (χ1n) is 8.09. The van der Waals surface area contributed by atoms with Crippen LogP contribution in [-0.4, -0.2) is 26.2 Å². The third-order valence-electron chi connectivity index (χ3n) is 2.68. The molecular weight excluding hydrogens is 349 g/mol. The average molecular weight is 386 g/mol. The van der Waals surface area contributed by atoms with Crippen LogP contribution < -0.4 is 9.41 Å². The Morgan fingerprint density at radius 1 is 0.476 bits per heavy atom. The van der Waals surface area contributed by atoms with E-state index in [1.807, 2.05) is 0 Å². The maximum absolute atomic E-state index is 4.35. The van der Waals surface area contributed by atoms with Gasteiger partial charge in [0.1, 0.15) is 0 Å². The van der Waals surface area contributed by atoms with Gasteiger partial charge in [-0.15, -0.1) is 26.2 Å². The Balaban J connectivity index is -0.0000000711. The second kappa shape index (κ2) is 37.2. The predicted molar refractivity (Wildman–Crippen MR) is 85.8 cm³/mol. The molecule has 0 aromatic heterocycles. The van der Waals surface area contributed by atoms with Crippen LogP contribution in [0.1, 0.15) is 79.1 Å². The first-order chi connectivity index (χ1) is 8.83. The number of unbranched alkanes of at least 4 members (excludes halogenated alkanes) is 4. The Labute approximate surface area is 151 Å². The molecule has 0 fully saturated rings. The first-order valence-corrected chi connectivity index (χ1v) is 8.09. The summed E-state index contributed by atoms with van der Waals surface area (Å²) in [6.45, 7) is 13.1. The van der Waals surface area contributed by atoms with Gasteiger partial charge in [0.2, 0.25) is 0 Å². The zero-order chi connectivity index (χ0) is 13.9. The fourth-order valence-electron chi connectivity index (χ4n) is 1.30. The minimum Gasteiger partial charge on any atom is -1.00 e. The molecule has 0 saturated heterocycles. The van der Waals surface area contributed by atoms with Gasteiger partial charge in [-0.2, -0.15) is 0 Å². The SMILES string of the molecule is CCCC[N-]CCCC.CCCC[N-]CCCC.[F-].[F-].[Zr+4]. The molecule has 0 atom stereocenters. The zero-order valence-corrected chi connectivity index (χ0v) is 17.1. The molecule has 0 heterocycles. The molecule has 0 spiro atoms. The number of hydrogen-bond donors (Lipinski definition) is 0. The first kappa shape index (κ1) is 33.3. The van der Waals surface area contributed by atoms with Gasteiger partial charge in [0.25, 0.3) is 0 Å². The number of halogens is 2. The Morgan fingerprint density at radius 2 is 0.667 bits per heavy atom. The summed E-state index contributed by atoms with van der Waals surface area (Å²) in [5.74, 6) is 0. The largest absolute Gasteiger partial charge is 4.00 e. The topological polar surface area (TPSA) is 28.2 Å². The van der Waals surface area contributed by atoms with Gasteiger partial charge < -0.3 is 20.0 Å². The second-order valence-corrected chi connectivity index (χ2v) is 4.76. The van der Waals surface area contributed by atoms with Crippen molar-refractivity contribution in [1.82, 2.24) is 0 Å². The van der Waals surface area contributed by atoms with Crippen LogP contribution in [0.2, 0.25) is 0 Å². The summed E-state index contributed by atoms with van der Waals surface area (Å²) in [4.78, 5) is 0. The van der Waals surface area contributed by atoms with E-state index in [0.717, 1.165) is 26.2 Å². The molecule has 5 heteroatoms. The van der Waals surface area contributed by atoms with E-state index < -0.39 is 0 Å². The molecule has 0 N–H and O–H groups in total. The third kappa shape index (κ3) is 44.9. The van der Waals surface area contributed by atoms with Gasteiger partial charge in [-0.3, -0.25) is 0 Å². The van der Waals surface area contributed by atoms with Crippen molar-refractivity contribution in [3.05, 3.63) is 10.6 Å². The van der Waals surface area contributed by atoms with Gasteiger partial charge in [0.05, 0.1) is 0 Å². The number of nitrogens with zero attached hydrogens (tertiary/aromatic N) is 2. The zero-order valence-electron chi connectivity index (χ0n) is 14.6. The number of hydrogen-bond acceptors (Lipinski definition) is 0. The van der Waals surface area contributed by atoms with Crippen molar-refractivity contribution in [2.45, 2.75) is 79.1 Å². The molecule has 2 nitrogen and oxygen atoms in total. The van der Waals surface area contributed by atoms with E-state index in [1.165, 1.54) is 51.4 Å². The van der Waals surface area contributed by atoms with Crippen LogP contribution in [0.15, 0.2) is 0 Å². The van der Waals surface area contributed by atoms with Crippen molar-refractivity contribution in [1.29, 1.82) is 0 Å². The maximum Gasteiger partial charge on any atom is 4.00 e. The molecule has 0 bridgehead atoms. The molecule has 21 heavy (non-hydrogen) atoms. The van der Waals surface area contributed by atoms with Crippen LogP contribution in [0.4, 0.5) is 0 Å². The quantitative estimate of drug-likeness (QED) is 0.421. The summed E-state index contributed by atoms with van der Waals surface area (Å²) < 4.78 is 0. The van der Waals surface area contributed by atoms with Gasteiger partial charge in [-0.05, 0) is 0 Å². The van der Waals surface area contributed by atoms with Crippen LogP contribution in [0.5, 0.6) is 0 Å². The molecule has 0 radical (unpaired) electrons. The summed E-state index contributed by atoms with van der Waals surface area (Å²) in [6, 6.07) is 0. The number of rotatable bonds is 12. The summed E-state index contributed by atoms with van der Waals surface area (Å²) >= 11 is 0. The van der Waals surface area contributed by atoms with Crippen molar-refractivity contribution in [3.63, 3.8) is 0 Å². The molecule has 0 aliphatic heterocycles. The fourth-order valence-corrected chi connectivity index (χ4v) is 1.30. The smallest absolute Gasteiger partial charge is 1.00 e. The average Bonchev–Trinajstić information content (AvgIpc) is 2.39. The van der Waals surface area contributed by atoms with Crippen LogP contribution in [0.25, 0.3) is 10.6 Å². The van der Waals surface area contributed by atoms with Gasteiger partial charge in [0, 0.05) is 0 Å². The van der Waals surface area contributed by atoms with Crippen molar-refractivity contribution >= 4 is 0 Å². The Bertz CT molecular complexity index is 105. The minimum absolute atomic E-state index is 0. The maximum atomic E-state index is 4.35. The molecule has 0 saturated carbocycles. The van der Waals surface area contributed by atoms with E-state index in [1.54, 1.807) is 0 Å². The van der Waals surface area contributed by atoms with E-state index in [-0.39, 0.29) is 35.6 Å². The third-order valence-corrected chi connectivity index (χ3v) is 2.68. The molecule has 0 amide bonds. The molecule has 0 rings (SSSR count). The van der Waals surface area contributed by atoms with Crippen molar-refractivity contribution in [3.8, 4) is 0 Å². The molecule has 0 aromatic rings. The minimum atomic E-state index is 0. The van der Waals surface area contributed by atoms with E-state index >= 15 is 0 Å². The molecule has 0 unspecified atom stereocenters. The van der Waals surface area contributed by atoms with Gasteiger partial charge in [-0.1, -0.05) is 79.1 Å². The normalized spacial score (nSPS) is 8.57. The van der Waals surface area contributed by atoms with Crippen molar-refractivity contribution < 1.29 is 35.6 Å². The second-order valence-electron chi connectivity index (χ2n) is 4.76. The predicted octanol–water partition coefficient (Wildman–Crippen LogP) is -0.0739. The Hall–Kier alpha value is 0.663. The molecule has 0 aliphatic carbocycles. The van der Waals surface area contributed by atoms with Crippen molar-refractivity contribution in [2.24, 2.45) is 0 Å². The van der Waals surface area contributed by atoms with Crippen LogP contribution in [-0.2, 0) is 26.2 Å². The van der Waals surface area contributed by atoms with E-state index in [9.17, 15) is 0 Å². The van der Waals surface area contributed by atoms with Crippen molar-refractivity contribution in [2.75, 3.05) is 26.2 Å². The molecule has 128 valence electrons. The molecule has 0 aliphatic rings. The van der Waals surface area contributed by atoms with Gasteiger partial charge >= 0.3 is 26.2 Å². The summed E-state index contributed by atoms with van der Waals surface area (Å²) in [5, 5.41) is 8.70. The summed E-state index contributed by atoms with van der Waals surface area (Å²) in [5.41, 5.74) is 0. The Kier molecular flexibility index (Phi) is 58.9. The van der Waals surface area contributed by atoms with Gasteiger partial charge in [0.15, 0.2) is 0 Å². The summed E-state index contributed by atoms with van der Waals surface area (Å²) in [7, 11) is 0. The summed E-state index contributed by atoms with van der Waals surface area (Å²) in [6.07, 6.45) is 10.2.